The molecule has 0 atom stereocenters. The van der Waals surface area contributed by atoms with Gasteiger partial charge in [-0.3, -0.25) is 9.89 Å². The number of hydrogen-bond acceptors (Lipinski definition) is 4. The van der Waals surface area contributed by atoms with Gasteiger partial charge in [-0.05, 0) is 12.1 Å². The van der Waals surface area contributed by atoms with E-state index < -0.39 is 0 Å². The lowest BCUT2D eigenvalue weighted by molar-refractivity contribution is 0.0763. The van der Waals surface area contributed by atoms with Crippen LogP contribution in [0.25, 0.3) is 0 Å². The number of aromatic amines is 1. The van der Waals surface area contributed by atoms with Crippen molar-refractivity contribution in [1.29, 1.82) is 0 Å². The van der Waals surface area contributed by atoms with Gasteiger partial charge in [-0.15, -0.1) is 5.10 Å². The fourth-order valence-corrected chi connectivity index (χ4v) is 1.57. The molecule has 19 heavy (non-hydrogen) atoms. The normalized spacial score (nSPS) is 11.6. The zero-order chi connectivity index (χ0) is 14.0. The van der Waals surface area contributed by atoms with Crippen molar-refractivity contribution in [3.8, 4) is 0 Å². The molecule has 0 aliphatic heterocycles. The molecule has 0 saturated carbocycles. The Hall–Kier alpha value is -2.11. The van der Waals surface area contributed by atoms with Crippen LogP contribution >= 0.6 is 0 Å². The third-order valence-electron chi connectivity index (χ3n) is 2.71. The van der Waals surface area contributed by atoms with Crippen LogP contribution in [-0.2, 0) is 12.0 Å². The van der Waals surface area contributed by atoms with Crippen molar-refractivity contribution in [1.82, 2.24) is 20.1 Å². The second kappa shape index (κ2) is 4.87. The maximum Gasteiger partial charge on any atom is 0.293 e. The molecule has 1 N–H and O–H groups in total. The molecule has 0 saturated heterocycles. The van der Waals surface area contributed by atoms with Crippen molar-refractivity contribution < 1.29 is 9.21 Å². The molecule has 0 radical (unpaired) electrons. The Bertz CT molecular complexity index is 551. The average molecular weight is 262 g/mol. The zero-order valence-corrected chi connectivity index (χ0v) is 11.6. The van der Waals surface area contributed by atoms with E-state index in [2.05, 4.69) is 15.2 Å². The molecular formula is C13H18N4O2. The summed E-state index contributed by atoms with van der Waals surface area (Å²) in [7, 11) is 1.69. The summed E-state index contributed by atoms with van der Waals surface area (Å²) in [5.41, 5.74) is -0.162. The van der Waals surface area contributed by atoms with Crippen molar-refractivity contribution in [2.45, 2.75) is 32.7 Å². The van der Waals surface area contributed by atoms with Gasteiger partial charge < -0.3 is 9.32 Å². The molecule has 6 heteroatoms. The summed E-state index contributed by atoms with van der Waals surface area (Å²) in [6.07, 6.45) is 1.58. The van der Waals surface area contributed by atoms with E-state index in [0.717, 1.165) is 5.76 Å². The van der Waals surface area contributed by atoms with E-state index in [4.69, 9.17) is 4.42 Å². The maximum absolute atomic E-state index is 12.2. The van der Waals surface area contributed by atoms with Gasteiger partial charge in [0.1, 0.15) is 11.6 Å². The van der Waals surface area contributed by atoms with E-state index in [9.17, 15) is 4.79 Å². The van der Waals surface area contributed by atoms with Gasteiger partial charge >= 0.3 is 0 Å². The Morgan fingerprint density at radius 2 is 2.21 bits per heavy atom. The lowest BCUT2D eigenvalue weighted by Crippen LogP contribution is -2.27. The average Bonchev–Trinajstić information content (AvgIpc) is 2.97. The van der Waals surface area contributed by atoms with E-state index >= 15 is 0 Å². The number of rotatable bonds is 3. The molecule has 2 aromatic heterocycles. The van der Waals surface area contributed by atoms with E-state index in [1.54, 1.807) is 19.4 Å². The molecule has 0 aromatic carbocycles. The second-order valence-electron chi connectivity index (χ2n) is 5.50. The number of carbonyl (C=O) groups excluding carboxylic acids is 1. The highest BCUT2D eigenvalue weighted by Gasteiger charge is 2.23. The summed E-state index contributed by atoms with van der Waals surface area (Å²) in [4.78, 5) is 17.9. The van der Waals surface area contributed by atoms with Gasteiger partial charge in [-0.1, -0.05) is 20.8 Å². The Morgan fingerprint density at radius 3 is 2.74 bits per heavy atom. The van der Waals surface area contributed by atoms with Crippen molar-refractivity contribution in [3.05, 3.63) is 35.8 Å². The first-order valence-electron chi connectivity index (χ1n) is 6.08. The van der Waals surface area contributed by atoms with Crippen LogP contribution in [0.5, 0.6) is 0 Å². The molecule has 2 heterocycles. The monoisotopic (exact) mass is 262 g/mol. The summed E-state index contributed by atoms with van der Waals surface area (Å²) in [6.45, 7) is 6.42. The van der Waals surface area contributed by atoms with Crippen molar-refractivity contribution in [2.75, 3.05) is 7.05 Å². The zero-order valence-electron chi connectivity index (χ0n) is 11.6. The van der Waals surface area contributed by atoms with Crippen LogP contribution in [-0.4, -0.2) is 33.0 Å². The predicted molar refractivity (Wildman–Crippen MR) is 69.6 cm³/mol. The van der Waals surface area contributed by atoms with Crippen molar-refractivity contribution in [3.63, 3.8) is 0 Å². The number of nitrogens with zero attached hydrogens (tertiary/aromatic N) is 3. The van der Waals surface area contributed by atoms with Crippen LogP contribution < -0.4 is 0 Å². The van der Waals surface area contributed by atoms with Gasteiger partial charge in [0.15, 0.2) is 0 Å². The quantitative estimate of drug-likeness (QED) is 0.917. The van der Waals surface area contributed by atoms with Gasteiger partial charge in [0.25, 0.3) is 5.91 Å². The lowest BCUT2D eigenvalue weighted by Gasteiger charge is -2.14. The summed E-state index contributed by atoms with van der Waals surface area (Å²) >= 11 is 0. The summed E-state index contributed by atoms with van der Waals surface area (Å²) in [6, 6.07) is 3.61. The lowest BCUT2D eigenvalue weighted by atomic mass is 9.96. The Morgan fingerprint density at radius 1 is 1.47 bits per heavy atom. The van der Waals surface area contributed by atoms with Gasteiger partial charge in [0, 0.05) is 12.5 Å². The van der Waals surface area contributed by atoms with Gasteiger partial charge in [0.05, 0.1) is 12.8 Å². The van der Waals surface area contributed by atoms with E-state index in [0.29, 0.717) is 12.4 Å². The first-order chi connectivity index (χ1) is 8.88. The number of aromatic nitrogens is 3. The smallest absolute Gasteiger partial charge is 0.293 e. The minimum Gasteiger partial charge on any atom is -0.467 e. The van der Waals surface area contributed by atoms with E-state index in [-0.39, 0.29) is 17.1 Å². The molecule has 6 nitrogen and oxygen atoms in total. The molecule has 2 aromatic rings. The largest absolute Gasteiger partial charge is 0.467 e. The van der Waals surface area contributed by atoms with Crippen LogP contribution in [0, 0.1) is 0 Å². The predicted octanol–water partition coefficient (Wildman–Crippen LogP) is 1.97. The van der Waals surface area contributed by atoms with Crippen LogP contribution in [0.4, 0.5) is 0 Å². The fourth-order valence-electron chi connectivity index (χ4n) is 1.57. The highest BCUT2D eigenvalue weighted by molar-refractivity contribution is 5.90. The number of furan rings is 1. The molecule has 0 fully saturated rings. The SMILES string of the molecule is CN(Cc1ccco1)C(=O)c1n[nH]c(C(C)(C)C)n1. The number of nitrogens with one attached hydrogen (secondary N) is 1. The third-order valence-corrected chi connectivity index (χ3v) is 2.71. The first kappa shape index (κ1) is 13.3. The Kier molecular flexibility index (Phi) is 3.42. The topological polar surface area (TPSA) is 75.0 Å². The van der Waals surface area contributed by atoms with Crippen molar-refractivity contribution in [2.24, 2.45) is 0 Å². The maximum atomic E-state index is 12.2. The van der Waals surface area contributed by atoms with Gasteiger partial charge in [-0.25, -0.2) is 4.98 Å². The molecule has 2 rings (SSSR count). The van der Waals surface area contributed by atoms with E-state index in [1.165, 1.54) is 4.90 Å². The van der Waals surface area contributed by atoms with Crippen LogP contribution in [0.1, 0.15) is 43.0 Å². The highest BCUT2D eigenvalue weighted by Crippen LogP contribution is 2.17. The highest BCUT2D eigenvalue weighted by atomic mass is 16.3. The fraction of sp³-hybridized carbons (Fsp3) is 0.462. The molecule has 0 unspecified atom stereocenters. The van der Waals surface area contributed by atoms with Crippen molar-refractivity contribution >= 4 is 5.91 Å². The number of carbonyl (C=O) groups is 1. The molecule has 0 spiro atoms. The van der Waals surface area contributed by atoms with Gasteiger partial charge in [0.2, 0.25) is 5.82 Å². The first-order valence-corrected chi connectivity index (χ1v) is 6.08. The summed E-state index contributed by atoms with van der Waals surface area (Å²) in [5, 5.41) is 6.78. The minimum atomic E-state index is -0.233. The molecule has 0 bridgehead atoms. The summed E-state index contributed by atoms with van der Waals surface area (Å²) < 4.78 is 5.21. The van der Waals surface area contributed by atoms with Crippen LogP contribution in [0.3, 0.4) is 0 Å². The number of H-pyrrole nitrogens is 1. The molecule has 102 valence electrons. The Balaban J connectivity index is 2.09. The summed E-state index contributed by atoms with van der Waals surface area (Å²) in [5.74, 6) is 1.37. The Labute approximate surface area is 111 Å². The third kappa shape index (κ3) is 3.01. The van der Waals surface area contributed by atoms with Crippen LogP contribution in [0.2, 0.25) is 0 Å². The molecule has 1 amide bonds. The van der Waals surface area contributed by atoms with Crippen LogP contribution in [0.15, 0.2) is 22.8 Å². The second-order valence-corrected chi connectivity index (χ2v) is 5.50. The molecule has 0 aliphatic carbocycles. The number of amides is 1. The van der Waals surface area contributed by atoms with Gasteiger partial charge in [-0.2, -0.15) is 0 Å². The molecular weight excluding hydrogens is 244 g/mol. The molecule has 0 aliphatic rings. The standard InChI is InChI=1S/C13H18N4O2/c1-13(2,3)12-14-10(15-16-12)11(18)17(4)8-9-6-5-7-19-9/h5-7H,8H2,1-4H3,(H,14,15,16). The van der Waals surface area contributed by atoms with E-state index in [1.807, 2.05) is 26.8 Å². The minimum absolute atomic E-state index is 0.162. The number of hydrogen-bond donors (Lipinski definition) is 1.